The summed E-state index contributed by atoms with van der Waals surface area (Å²) >= 11 is 6.23. The van der Waals surface area contributed by atoms with Crippen LogP contribution >= 0.6 is 11.6 Å². The Bertz CT molecular complexity index is 763. The van der Waals surface area contributed by atoms with Gasteiger partial charge < -0.3 is 5.32 Å². The topological polar surface area (TPSA) is 29.9 Å². The van der Waals surface area contributed by atoms with Crippen LogP contribution in [0.3, 0.4) is 0 Å². The predicted octanol–water partition coefficient (Wildman–Crippen LogP) is 4.89. The summed E-state index contributed by atoms with van der Waals surface area (Å²) in [7, 11) is 0. The molecule has 2 aromatic carbocycles. The van der Waals surface area contributed by atoms with Gasteiger partial charge in [-0.2, -0.15) is 0 Å². The molecule has 3 rings (SSSR count). The fourth-order valence-corrected chi connectivity index (χ4v) is 2.34. The first-order chi connectivity index (χ1) is 10.1. The number of para-hydroxylation sites is 1. The van der Waals surface area contributed by atoms with Gasteiger partial charge in [0.15, 0.2) is 0 Å². The zero-order valence-electron chi connectivity index (χ0n) is 12.0. The van der Waals surface area contributed by atoms with E-state index in [1.807, 2.05) is 73.1 Å². The lowest BCUT2D eigenvalue weighted by Gasteiger charge is -2.10. The van der Waals surface area contributed by atoms with Gasteiger partial charge in [0.1, 0.15) is 0 Å². The van der Waals surface area contributed by atoms with Crippen molar-refractivity contribution in [2.45, 2.75) is 13.8 Å². The summed E-state index contributed by atoms with van der Waals surface area (Å²) in [5.74, 6) is 0.776. The van der Waals surface area contributed by atoms with Crippen LogP contribution in [0.1, 0.15) is 11.3 Å². The monoisotopic (exact) mass is 297 g/mol. The van der Waals surface area contributed by atoms with Crippen LogP contribution < -0.4 is 5.32 Å². The average molecular weight is 298 g/mol. The lowest BCUT2D eigenvalue weighted by Crippen LogP contribution is -2.01. The van der Waals surface area contributed by atoms with Crippen LogP contribution in [0.5, 0.6) is 0 Å². The molecule has 0 atom stereocenters. The van der Waals surface area contributed by atoms with Crippen LogP contribution in [0.25, 0.3) is 5.69 Å². The van der Waals surface area contributed by atoms with E-state index in [0.29, 0.717) is 0 Å². The highest BCUT2D eigenvalue weighted by molar-refractivity contribution is 6.31. The molecule has 0 aliphatic heterocycles. The number of aromatic nitrogens is 2. The average Bonchev–Trinajstić information content (AvgIpc) is 2.84. The second-order valence-corrected chi connectivity index (χ2v) is 5.41. The van der Waals surface area contributed by atoms with Crippen molar-refractivity contribution in [1.29, 1.82) is 0 Å². The van der Waals surface area contributed by atoms with Gasteiger partial charge in [0.05, 0.1) is 5.69 Å². The van der Waals surface area contributed by atoms with Gasteiger partial charge in [-0.15, -0.1) is 0 Å². The number of nitrogens with zero attached hydrogens (tertiary/aromatic N) is 2. The third kappa shape index (κ3) is 2.93. The lowest BCUT2D eigenvalue weighted by atomic mass is 10.2. The fraction of sp³-hybridized carbons (Fsp3) is 0.118. The summed E-state index contributed by atoms with van der Waals surface area (Å²) in [4.78, 5) is 4.54. The van der Waals surface area contributed by atoms with E-state index in [1.165, 1.54) is 0 Å². The minimum absolute atomic E-state index is 0.754. The predicted molar refractivity (Wildman–Crippen MR) is 87.8 cm³/mol. The molecule has 1 heterocycles. The highest BCUT2D eigenvalue weighted by Gasteiger charge is 2.09. The van der Waals surface area contributed by atoms with Gasteiger partial charge in [0.2, 0.25) is 5.95 Å². The van der Waals surface area contributed by atoms with E-state index in [1.54, 1.807) is 0 Å². The SMILES string of the molecule is Cc1cn(-c2ccc(C)c(Cl)c2)c(Nc2ccccc2)n1. The van der Waals surface area contributed by atoms with Crippen molar-refractivity contribution in [1.82, 2.24) is 9.55 Å². The number of benzene rings is 2. The lowest BCUT2D eigenvalue weighted by molar-refractivity contribution is 1.06. The van der Waals surface area contributed by atoms with E-state index >= 15 is 0 Å². The molecular formula is C17H16ClN3. The molecule has 4 heteroatoms. The van der Waals surface area contributed by atoms with E-state index in [2.05, 4.69) is 10.3 Å². The molecule has 0 unspecified atom stereocenters. The minimum atomic E-state index is 0.754. The highest BCUT2D eigenvalue weighted by atomic mass is 35.5. The third-order valence-electron chi connectivity index (χ3n) is 3.29. The first-order valence-electron chi connectivity index (χ1n) is 6.78. The van der Waals surface area contributed by atoms with E-state index in [4.69, 9.17) is 11.6 Å². The van der Waals surface area contributed by atoms with Gasteiger partial charge in [0, 0.05) is 22.6 Å². The van der Waals surface area contributed by atoms with E-state index in [0.717, 1.165) is 33.6 Å². The van der Waals surface area contributed by atoms with Crippen molar-refractivity contribution in [3.8, 4) is 5.69 Å². The summed E-state index contributed by atoms with van der Waals surface area (Å²) in [5, 5.41) is 4.09. The maximum atomic E-state index is 6.23. The molecule has 0 spiro atoms. The van der Waals surface area contributed by atoms with Crippen molar-refractivity contribution >= 4 is 23.2 Å². The molecule has 0 radical (unpaired) electrons. The molecule has 0 aliphatic carbocycles. The van der Waals surface area contributed by atoms with Gasteiger partial charge in [-0.3, -0.25) is 4.57 Å². The molecule has 21 heavy (non-hydrogen) atoms. The van der Waals surface area contributed by atoms with Crippen LogP contribution in [0.4, 0.5) is 11.6 Å². The number of halogens is 1. The van der Waals surface area contributed by atoms with Crippen LogP contribution in [-0.4, -0.2) is 9.55 Å². The molecule has 0 aliphatic rings. The Hall–Kier alpha value is -2.26. The van der Waals surface area contributed by atoms with Gasteiger partial charge in [-0.1, -0.05) is 35.9 Å². The van der Waals surface area contributed by atoms with E-state index in [-0.39, 0.29) is 0 Å². The van der Waals surface area contributed by atoms with Crippen molar-refractivity contribution in [2.24, 2.45) is 0 Å². The number of aryl methyl sites for hydroxylation is 2. The normalized spacial score (nSPS) is 10.6. The van der Waals surface area contributed by atoms with Crippen LogP contribution in [0, 0.1) is 13.8 Å². The number of hydrogen-bond acceptors (Lipinski definition) is 2. The fourth-order valence-electron chi connectivity index (χ4n) is 2.16. The number of anilines is 2. The number of imidazole rings is 1. The maximum Gasteiger partial charge on any atom is 0.212 e. The van der Waals surface area contributed by atoms with Gasteiger partial charge in [-0.25, -0.2) is 4.98 Å². The molecule has 106 valence electrons. The maximum absolute atomic E-state index is 6.23. The first kappa shape index (κ1) is 13.7. The second kappa shape index (κ2) is 5.62. The Morgan fingerprint density at radius 1 is 1.05 bits per heavy atom. The summed E-state index contributed by atoms with van der Waals surface area (Å²) in [6.45, 7) is 3.97. The van der Waals surface area contributed by atoms with Crippen LogP contribution in [-0.2, 0) is 0 Å². The third-order valence-corrected chi connectivity index (χ3v) is 3.70. The molecule has 0 bridgehead atoms. The number of rotatable bonds is 3. The Balaban J connectivity index is 2.01. The second-order valence-electron chi connectivity index (χ2n) is 5.00. The zero-order valence-corrected chi connectivity index (χ0v) is 12.7. The first-order valence-corrected chi connectivity index (χ1v) is 7.16. The standard InChI is InChI=1S/C17H16ClN3/c1-12-8-9-15(10-16(12)18)21-11-13(2)19-17(21)20-14-6-4-3-5-7-14/h3-11H,1-2H3,(H,19,20). The summed E-state index contributed by atoms with van der Waals surface area (Å²) in [6.07, 6.45) is 1.99. The molecule has 3 aromatic rings. The molecule has 0 saturated carbocycles. The molecule has 1 N–H and O–H groups in total. The van der Waals surface area contributed by atoms with Gasteiger partial charge >= 0.3 is 0 Å². The Morgan fingerprint density at radius 2 is 1.81 bits per heavy atom. The van der Waals surface area contributed by atoms with Crippen LogP contribution in [0.2, 0.25) is 5.02 Å². The van der Waals surface area contributed by atoms with Gasteiger partial charge in [0.25, 0.3) is 0 Å². The van der Waals surface area contributed by atoms with Crippen LogP contribution in [0.15, 0.2) is 54.7 Å². The number of hydrogen-bond donors (Lipinski definition) is 1. The molecule has 0 fully saturated rings. The van der Waals surface area contributed by atoms with Gasteiger partial charge in [-0.05, 0) is 43.7 Å². The zero-order chi connectivity index (χ0) is 14.8. The van der Waals surface area contributed by atoms with Crippen molar-refractivity contribution in [2.75, 3.05) is 5.32 Å². The molecule has 1 aromatic heterocycles. The quantitative estimate of drug-likeness (QED) is 0.746. The number of nitrogens with one attached hydrogen (secondary N) is 1. The molecular weight excluding hydrogens is 282 g/mol. The van der Waals surface area contributed by atoms with E-state index in [9.17, 15) is 0 Å². The largest absolute Gasteiger partial charge is 0.325 e. The smallest absolute Gasteiger partial charge is 0.212 e. The molecule has 0 amide bonds. The Kier molecular flexibility index (Phi) is 3.67. The minimum Gasteiger partial charge on any atom is -0.325 e. The summed E-state index contributed by atoms with van der Waals surface area (Å²) in [6, 6.07) is 16.0. The van der Waals surface area contributed by atoms with Crippen molar-refractivity contribution < 1.29 is 0 Å². The summed E-state index contributed by atoms with van der Waals surface area (Å²) < 4.78 is 2.01. The van der Waals surface area contributed by atoms with Crippen molar-refractivity contribution in [3.63, 3.8) is 0 Å². The van der Waals surface area contributed by atoms with Crippen molar-refractivity contribution in [3.05, 3.63) is 71.0 Å². The summed E-state index contributed by atoms with van der Waals surface area (Å²) in [5.41, 5.74) is 4.01. The molecule has 3 nitrogen and oxygen atoms in total. The Labute approximate surface area is 129 Å². The molecule has 0 saturated heterocycles. The van der Waals surface area contributed by atoms with E-state index < -0.39 is 0 Å². The highest BCUT2D eigenvalue weighted by Crippen LogP contribution is 2.24. The Morgan fingerprint density at radius 3 is 2.52 bits per heavy atom.